The van der Waals surface area contributed by atoms with Gasteiger partial charge in [0.25, 0.3) is 0 Å². The van der Waals surface area contributed by atoms with Crippen molar-refractivity contribution < 1.29 is 12.4 Å². The number of benzene rings is 5. The van der Waals surface area contributed by atoms with Crippen molar-refractivity contribution in [3.8, 4) is 17.2 Å². The highest BCUT2D eigenvalue weighted by Crippen LogP contribution is 2.31. The molecule has 0 saturated heterocycles. The molecule has 2 heterocycles. The van der Waals surface area contributed by atoms with Crippen LogP contribution in [0.5, 0.6) is 11.5 Å². The van der Waals surface area contributed by atoms with E-state index < -0.39 is 0 Å². The Kier molecular flexibility index (Phi) is 9.05. The number of imidazole rings is 1. The molecule has 5 aromatic carbocycles. The number of hydrogen-bond acceptors (Lipinski definition) is 7. The van der Waals surface area contributed by atoms with Crippen molar-refractivity contribution in [1.29, 1.82) is 0 Å². The normalized spacial score (nSPS) is 10.8. The van der Waals surface area contributed by atoms with Crippen LogP contribution in [-0.4, -0.2) is 25.4 Å². The molecule has 9 heteroatoms. The Morgan fingerprint density at radius 1 is 0.755 bits per heavy atom. The fourth-order valence-corrected chi connectivity index (χ4v) is 5.45. The van der Waals surface area contributed by atoms with Gasteiger partial charge in [-0.2, -0.15) is 9.97 Å². The number of ether oxygens (including phenoxy) is 1. The van der Waals surface area contributed by atoms with Gasteiger partial charge in [0.2, 0.25) is 11.9 Å². The first-order chi connectivity index (χ1) is 24.1. The molecule has 2 N–H and O–H groups in total. The molecule has 0 aliphatic heterocycles. The van der Waals surface area contributed by atoms with Crippen molar-refractivity contribution in [2.45, 2.75) is 13.1 Å². The molecule has 0 unspecified atom stereocenters. The fraction of sp³-hybridized carbons (Fsp3) is 0.0500. The van der Waals surface area contributed by atoms with Crippen LogP contribution >= 0.6 is 0 Å². The second-order valence-electron chi connectivity index (χ2n) is 11.3. The molecule has 9 nitrogen and oxygen atoms in total. The minimum Gasteiger partial charge on any atom is -0.457 e. The first kappa shape index (κ1) is 30.9. The SMILES string of the molecule is C=CC(=O)Nc1cccc(-n2cnc3c(N(Cc4ccccc4)Cc4ccccc4)nc(Nc4ccc(Oc5ccccc5)cc4)nc32)c1.[HH].[HH]. The van der Waals surface area contributed by atoms with Gasteiger partial charge in [-0.1, -0.05) is 91.5 Å². The Balaban J connectivity index is 0.00000252. The van der Waals surface area contributed by atoms with Gasteiger partial charge in [0.15, 0.2) is 17.0 Å². The lowest BCUT2D eigenvalue weighted by Gasteiger charge is -2.25. The van der Waals surface area contributed by atoms with Crippen molar-refractivity contribution >= 4 is 40.2 Å². The maximum Gasteiger partial charge on any atom is 0.247 e. The van der Waals surface area contributed by atoms with Crippen molar-refractivity contribution in [3.63, 3.8) is 0 Å². The summed E-state index contributed by atoms with van der Waals surface area (Å²) in [6.45, 7) is 4.76. The van der Waals surface area contributed by atoms with Gasteiger partial charge in [-0.3, -0.25) is 9.36 Å². The molecule has 7 aromatic rings. The molecule has 0 atom stereocenters. The molecule has 0 radical (unpaired) electrons. The quantitative estimate of drug-likeness (QED) is 0.128. The van der Waals surface area contributed by atoms with Gasteiger partial charge in [0, 0.05) is 27.3 Å². The lowest BCUT2D eigenvalue weighted by atomic mass is 10.1. The van der Waals surface area contributed by atoms with E-state index >= 15 is 0 Å². The van der Waals surface area contributed by atoms with E-state index in [9.17, 15) is 4.79 Å². The molecule has 7 rings (SSSR count). The van der Waals surface area contributed by atoms with E-state index in [0.717, 1.165) is 28.3 Å². The predicted molar refractivity (Wildman–Crippen MR) is 199 cm³/mol. The minimum atomic E-state index is -0.290. The van der Waals surface area contributed by atoms with Crippen LogP contribution < -0.4 is 20.3 Å². The van der Waals surface area contributed by atoms with Crippen LogP contribution in [0.15, 0.2) is 159 Å². The molecule has 0 fully saturated rings. The highest BCUT2D eigenvalue weighted by molar-refractivity contribution is 5.99. The Morgan fingerprint density at radius 2 is 1.39 bits per heavy atom. The summed E-state index contributed by atoms with van der Waals surface area (Å²) in [4.78, 5) is 29.2. The summed E-state index contributed by atoms with van der Waals surface area (Å²) in [5.74, 6) is 2.27. The molecule has 0 aliphatic carbocycles. The zero-order chi connectivity index (χ0) is 33.4. The van der Waals surface area contributed by atoms with Gasteiger partial charge in [0.1, 0.15) is 17.8 Å². The second-order valence-corrected chi connectivity index (χ2v) is 11.3. The number of para-hydroxylation sites is 1. The molecule has 1 amide bonds. The van der Waals surface area contributed by atoms with Gasteiger partial charge in [-0.15, -0.1) is 0 Å². The van der Waals surface area contributed by atoms with Crippen LogP contribution in [0.25, 0.3) is 16.9 Å². The average Bonchev–Trinajstić information content (AvgIpc) is 3.57. The summed E-state index contributed by atoms with van der Waals surface area (Å²) in [6.07, 6.45) is 2.98. The van der Waals surface area contributed by atoms with E-state index in [2.05, 4.69) is 46.4 Å². The van der Waals surface area contributed by atoms with Gasteiger partial charge in [0.05, 0.1) is 5.69 Å². The fourth-order valence-electron chi connectivity index (χ4n) is 5.45. The van der Waals surface area contributed by atoms with E-state index in [-0.39, 0.29) is 8.76 Å². The topological polar surface area (TPSA) is 97.2 Å². The Bertz CT molecular complexity index is 2160. The van der Waals surface area contributed by atoms with Gasteiger partial charge >= 0.3 is 0 Å². The number of amides is 1. The molecule has 0 aliphatic rings. The highest BCUT2D eigenvalue weighted by Gasteiger charge is 2.21. The molecule has 244 valence electrons. The number of nitrogens with zero attached hydrogens (tertiary/aromatic N) is 5. The molecular formula is C40H37N7O2. The van der Waals surface area contributed by atoms with E-state index in [0.29, 0.717) is 47.5 Å². The molecular weight excluding hydrogens is 610 g/mol. The number of hydrogen-bond donors (Lipinski definition) is 2. The van der Waals surface area contributed by atoms with Crippen LogP contribution in [0.2, 0.25) is 0 Å². The summed E-state index contributed by atoms with van der Waals surface area (Å²) in [7, 11) is 0. The Labute approximate surface area is 287 Å². The third-order valence-electron chi connectivity index (χ3n) is 7.78. The van der Waals surface area contributed by atoms with Gasteiger partial charge < -0.3 is 20.3 Å². The van der Waals surface area contributed by atoms with Crippen molar-refractivity contribution in [1.82, 2.24) is 19.5 Å². The zero-order valence-electron chi connectivity index (χ0n) is 26.6. The van der Waals surface area contributed by atoms with Crippen molar-refractivity contribution in [3.05, 3.63) is 170 Å². The number of aromatic nitrogens is 4. The van der Waals surface area contributed by atoms with Crippen molar-refractivity contribution in [2.24, 2.45) is 0 Å². The summed E-state index contributed by atoms with van der Waals surface area (Å²) >= 11 is 0. The first-order valence-corrected chi connectivity index (χ1v) is 15.8. The minimum absolute atomic E-state index is 0. The third-order valence-corrected chi connectivity index (χ3v) is 7.78. The smallest absolute Gasteiger partial charge is 0.247 e. The van der Waals surface area contributed by atoms with Crippen LogP contribution in [0, 0.1) is 0 Å². The lowest BCUT2D eigenvalue weighted by Crippen LogP contribution is -2.24. The second kappa shape index (κ2) is 14.4. The monoisotopic (exact) mass is 647 g/mol. The summed E-state index contributed by atoms with van der Waals surface area (Å²) < 4.78 is 7.89. The van der Waals surface area contributed by atoms with E-state index in [1.807, 2.05) is 120 Å². The van der Waals surface area contributed by atoms with Crippen LogP contribution in [0.3, 0.4) is 0 Å². The maximum atomic E-state index is 12.1. The number of carbonyl (C=O) groups excluding carboxylic acids is 1. The Hall–Kier alpha value is -6.74. The molecule has 0 spiro atoms. The molecule has 0 saturated carbocycles. The standard InChI is InChI=1S/C40H33N7O2.2H2/c1-2-36(48)42-32-17-12-18-33(25-32)47-28-41-37-38(46(26-29-13-6-3-7-14-29)27-30-15-8-4-9-16-30)44-40(45-39(37)47)43-31-21-23-35(24-22-31)49-34-19-10-5-11-20-34;;/h2-25,28H,1,26-27H2,(H,42,48)(H,43,44,45);2*1H. The molecule has 49 heavy (non-hydrogen) atoms. The van der Waals surface area contributed by atoms with E-state index in [4.69, 9.17) is 19.7 Å². The largest absolute Gasteiger partial charge is 0.457 e. The van der Waals surface area contributed by atoms with Gasteiger partial charge in [-0.25, -0.2) is 4.98 Å². The van der Waals surface area contributed by atoms with Crippen LogP contribution in [0.1, 0.15) is 14.0 Å². The van der Waals surface area contributed by atoms with Crippen molar-refractivity contribution in [2.75, 3.05) is 15.5 Å². The number of nitrogens with one attached hydrogen (secondary N) is 2. The first-order valence-electron chi connectivity index (χ1n) is 15.8. The predicted octanol–water partition coefficient (Wildman–Crippen LogP) is 9.17. The summed E-state index contributed by atoms with van der Waals surface area (Å²) in [5.41, 5.74) is 5.73. The third kappa shape index (κ3) is 7.47. The molecule has 2 aromatic heterocycles. The van der Waals surface area contributed by atoms with Crippen LogP contribution in [0.4, 0.5) is 23.1 Å². The maximum absolute atomic E-state index is 12.1. The van der Waals surface area contributed by atoms with E-state index in [1.54, 1.807) is 6.33 Å². The van der Waals surface area contributed by atoms with Gasteiger partial charge in [-0.05, 0) is 71.8 Å². The molecule has 0 bridgehead atoms. The Morgan fingerprint density at radius 3 is 2.04 bits per heavy atom. The lowest BCUT2D eigenvalue weighted by molar-refractivity contribution is -0.111. The summed E-state index contributed by atoms with van der Waals surface area (Å²) in [5, 5.41) is 6.25. The van der Waals surface area contributed by atoms with Crippen LogP contribution in [-0.2, 0) is 17.9 Å². The summed E-state index contributed by atoms with van der Waals surface area (Å²) in [6, 6.07) is 45.4. The number of carbonyl (C=O) groups is 1. The highest BCUT2D eigenvalue weighted by atomic mass is 16.5. The van der Waals surface area contributed by atoms with E-state index in [1.165, 1.54) is 6.08 Å². The number of fused-ring (bicyclic) bond motifs is 1. The number of anilines is 4. The zero-order valence-corrected chi connectivity index (χ0v) is 26.6. The number of rotatable bonds is 12. The average molecular weight is 648 g/mol.